The van der Waals surface area contributed by atoms with Crippen LogP contribution in [0.15, 0.2) is 0 Å². The summed E-state index contributed by atoms with van der Waals surface area (Å²) in [7, 11) is -26.8. The van der Waals surface area contributed by atoms with Gasteiger partial charge in [0.2, 0.25) is 0 Å². The molecule has 0 bridgehead atoms. The largest absolute Gasteiger partial charge is 1.00 e. The molecule has 0 saturated heterocycles. The number of hydrogen-bond acceptors (Lipinski definition) is 18. The maximum absolute atomic E-state index is 11.1. The molecule has 29 heteroatoms. The quantitative estimate of drug-likeness (QED) is 0.103. The molecule has 0 rings (SSSR count). The van der Waals surface area contributed by atoms with Crippen molar-refractivity contribution in [3.8, 4) is 0 Å². The van der Waals surface area contributed by atoms with Crippen molar-refractivity contribution in [2.45, 2.75) is 0 Å². The van der Waals surface area contributed by atoms with E-state index in [1.807, 2.05) is 0 Å². The van der Waals surface area contributed by atoms with Crippen molar-refractivity contribution in [2.75, 3.05) is 57.6 Å². The molecular weight excluding hydrogens is 780 g/mol. The summed E-state index contributed by atoms with van der Waals surface area (Å²) in [5.74, 6) is 0. The van der Waals surface area contributed by atoms with E-state index in [1.165, 1.54) is 0 Å². The Labute approximate surface area is 476 Å². The Balaban J connectivity index is -0.000000320. The van der Waals surface area contributed by atoms with Gasteiger partial charge >= 0.3 is 308 Å². The van der Waals surface area contributed by atoms with Crippen molar-refractivity contribution >= 4 is 38.0 Å². The fourth-order valence-corrected chi connectivity index (χ4v) is 6.43. The van der Waals surface area contributed by atoms with Gasteiger partial charge in [-0.25, -0.2) is 0 Å². The minimum atomic E-state index is -5.37. The molecule has 0 aliphatic carbocycles. The average Bonchev–Trinajstić information content (AvgIpc) is 2.41. The fourth-order valence-electron chi connectivity index (χ4n) is 2.42. The summed E-state index contributed by atoms with van der Waals surface area (Å²) in [6.07, 6.45) is -7.03. The van der Waals surface area contributed by atoms with E-state index in [1.54, 1.807) is 0 Å². The van der Waals surface area contributed by atoms with Gasteiger partial charge in [-0.1, -0.05) is 38.0 Å². The van der Waals surface area contributed by atoms with E-state index >= 15 is 0 Å². The van der Waals surface area contributed by atoms with Crippen LogP contribution in [0.25, 0.3) is 0 Å². The standard InChI is InChI=1S/C9H28N3O15P5.6K/c13-28(14,15)5-10(1-3-11(6-29(16,17)18)7-30(19,20)21)2-4-12(8-31(22,23)24)9-32(25,26)27;;;;;;/h1-9H2,(H2,13,14,15)(H2,16,17,18)(H2,19,20,21)(H2,22,23,24)(H2,25,26,27);;;;;;/q;6*+1/p-10. The first-order chi connectivity index (χ1) is 13.9. The second-order valence-electron chi connectivity index (χ2n) is 6.67. The minimum Gasteiger partial charge on any atom is -0.810 e. The zero-order valence-electron chi connectivity index (χ0n) is 22.1. The van der Waals surface area contributed by atoms with Gasteiger partial charge in [0.05, 0.1) is 0 Å². The van der Waals surface area contributed by atoms with Gasteiger partial charge in [-0.05, 0) is 0 Å². The van der Waals surface area contributed by atoms with Crippen LogP contribution < -0.4 is 357 Å². The van der Waals surface area contributed by atoms with E-state index < -0.39 is 95.6 Å². The second kappa shape index (κ2) is 30.0. The maximum Gasteiger partial charge on any atom is 1.00 e. The number of rotatable bonds is 16. The monoisotopic (exact) mass is 797 g/mol. The van der Waals surface area contributed by atoms with Crippen LogP contribution in [0.2, 0.25) is 0 Å². The van der Waals surface area contributed by atoms with Crippen molar-refractivity contribution in [2.24, 2.45) is 0 Å². The Morgan fingerprint density at radius 3 is 0.605 bits per heavy atom. The van der Waals surface area contributed by atoms with E-state index in [-0.39, 0.29) is 308 Å². The van der Waals surface area contributed by atoms with Crippen LogP contribution >= 0.6 is 38.0 Å². The first-order valence-corrected chi connectivity index (χ1v) is 16.8. The first-order valence-electron chi connectivity index (χ1n) is 8.17. The summed E-state index contributed by atoms with van der Waals surface area (Å²) < 4.78 is 54.6. The third-order valence-electron chi connectivity index (χ3n) is 3.33. The topological polar surface area (TPSA) is 326 Å². The summed E-state index contributed by atoms with van der Waals surface area (Å²) >= 11 is 0. The van der Waals surface area contributed by atoms with Gasteiger partial charge in [0, 0.05) is 57.6 Å². The average molecular weight is 798 g/mol. The normalized spacial score (nSPS) is 12.3. The Bertz CT molecular complexity index is 744. The van der Waals surface area contributed by atoms with Crippen molar-refractivity contribution in [3.05, 3.63) is 0 Å². The van der Waals surface area contributed by atoms with Gasteiger partial charge in [0.25, 0.3) is 0 Å². The van der Waals surface area contributed by atoms with E-state index in [0.29, 0.717) is 14.7 Å². The van der Waals surface area contributed by atoms with Gasteiger partial charge in [0.1, 0.15) is 0 Å². The van der Waals surface area contributed by atoms with Crippen LogP contribution in [0, 0.1) is 0 Å². The maximum atomic E-state index is 11.1. The Morgan fingerprint density at radius 2 is 0.447 bits per heavy atom. The molecule has 0 aliphatic rings. The van der Waals surface area contributed by atoms with Gasteiger partial charge < -0.3 is 71.8 Å². The molecule has 0 heterocycles. The van der Waals surface area contributed by atoms with Gasteiger partial charge in [0.15, 0.2) is 0 Å². The molecule has 0 unspecified atom stereocenters. The van der Waals surface area contributed by atoms with Crippen LogP contribution in [0.3, 0.4) is 0 Å². The molecule has 194 valence electrons. The van der Waals surface area contributed by atoms with E-state index in [0.717, 1.165) is 0 Å². The molecule has 0 aromatic rings. The van der Waals surface area contributed by atoms with Crippen LogP contribution in [-0.4, -0.2) is 72.3 Å². The Kier molecular flexibility index (Phi) is 50.1. The molecule has 18 nitrogen and oxygen atoms in total. The molecule has 0 aromatic heterocycles. The third-order valence-corrected chi connectivity index (χ3v) is 7.06. The summed E-state index contributed by atoms with van der Waals surface area (Å²) in [4.78, 5) is 111. The van der Waals surface area contributed by atoms with Crippen LogP contribution in [-0.2, 0) is 22.8 Å². The van der Waals surface area contributed by atoms with Gasteiger partial charge in [-0.3, -0.25) is 14.7 Å². The first kappa shape index (κ1) is 63.5. The predicted molar refractivity (Wildman–Crippen MR) is 87.4 cm³/mol. The van der Waals surface area contributed by atoms with Crippen molar-refractivity contribution in [3.63, 3.8) is 0 Å². The van der Waals surface area contributed by atoms with Crippen molar-refractivity contribution in [1.29, 1.82) is 0 Å². The van der Waals surface area contributed by atoms with E-state index in [9.17, 15) is 71.8 Å². The molecule has 0 atom stereocenters. The zero-order valence-corrected chi connectivity index (χ0v) is 45.3. The molecule has 0 N–H and O–H groups in total. The minimum absolute atomic E-state index is 0. The Morgan fingerprint density at radius 1 is 0.316 bits per heavy atom. The van der Waals surface area contributed by atoms with Crippen LogP contribution in [0.5, 0.6) is 0 Å². The molecule has 0 aliphatic heterocycles. The second-order valence-corrected chi connectivity index (χ2v) is 14.2. The molecule has 0 saturated carbocycles. The molecule has 0 spiro atoms. The molecule has 0 radical (unpaired) electrons. The number of hydrogen-bond donors (Lipinski definition) is 0. The summed E-state index contributed by atoms with van der Waals surface area (Å²) in [5.41, 5.74) is 0. The summed E-state index contributed by atoms with van der Waals surface area (Å²) in [5, 5.41) is 0. The van der Waals surface area contributed by atoms with Gasteiger partial charge in [-0.15, -0.1) is 0 Å². The van der Waals surface area contributed by atoms with Gasteiger partial charge in [-0.2, -0.15) is 0 Å². The smallest absolute Gasteiger partial charge is 0.810 e. The van der Waals surface area contributed by atoms with Crippen molar-refractivity contribution < 1.29 is 380 Å². The number of nitrogens with zero attached hydrogens (tertiary/aromatic N) is 3. The fraction of sp³-hybridized carbons (Fsp3) is 1.00. The molecule has 0 fully saturated rings. The molecule has 38 heavy (non-hydrogen) atoms. The van der Waals surface area contributed by atoms with Crippen LogP contribution in [0.4, 0.5) is 0 Å². The SMILES string of the molecule is O=P([O-])([O-])CN(CCN(CP(=O)([O-])[O-])CP(=O)([O-])[O-])CCN(CP(=O)([O-])[O-])CP(=O)([O-])[O-].[K+].[K+].[K+].[K+].[K+].[K+]. The van der Waals surface area contributed by atoms with E-state index in [2.05, 4.69) is 0 Å². The van der Waals surface area contributed by atoms with Crippen molar-refractivity contribution in [1.82, 2.24) is 14.7 Å². The third kappa shape index (κ3) is 46.4. The zero-order chi connectivity index (χ0) is 25.6. The molecule has 0 amide bonds. The predicted octanol–water partition coefficient (Wildman–Crippen LogP) is -26.7. The molecule has 0 aromatic carbocycles. The Hall–Kier alpha value is 10.4. The van der Waals surface area contributed by atoms with Crippen LogP contribution in [0.1, 0.15) is 0 Å². The summed E-state index contributed by atoms with van der Waals surface area (Å²) in [6, 6.07) is 0. The molecular formula is C9H18K6N3O15P5-4. The summed E-state index contributed by atoms with van der Waals surface area (Å²) in [6.45, 7) is -2.82. The van der Waals surface area contributed by atoms with E-state index in [4.69, 9.17) is 0 Å².